The van der Waals surface area contributed by atoms with Crippen molar-refractivity contribution in [2.75, 3.05) is 6.54 Å². The monoisotopic (exact) mass is 239 g/mol. The van der Waals surface area contributed by atoms with E-state index in [4.69, 9.17) is 0 Å². The summed E-state index contributed by atoms with van der Waals surface area (Å²) in [6.07, 6.45) is 0. The first kappa shape index (κ1) is 13.6. The highest BCUT2D eigenvalue weighted by molar-refractivity contribution is 5.76. The number of carbonyl (C=O) groups is 1. The van der Waals surface area contributed by atoms with Gasteiger partial charge in [-0.25, -0.2) is 4.39 Å². The number of carboxylic acid groups (broad SMARTS) is 1. The molecule has 0 saturated heterocycles. The second-order valence-electron chi connectivity index (χ2n) is 4.57. The Morgan fingerprint density at radius 3 is 2.59 bits per heavy atom. The molecule has 17 heavy (non-hydrogen) atoms. The predicted octanol–water partition coefficient (Wildman–Crippen LogP) is 2.51. The quantitative estimate of drug-likeness (QED) is 0.830. The molecule has 0 saturated carbocycles. The minimum absolute atomic E-state index is 0.348. The van der Waals surface area contributed by atoms with Gasteiger partial charge in [-0.1, -0.05) is 19.9 Å². The Morgan fingerprint density at radius 2 is 2.12 bits per heavy atom. The fraction of sp³-hybridized carbons (Fsp3) is 0.462. The average Bonchev–Trinajstić information content (AvgIpc) is 2.20. The molecule has 0 amide bonds. The zero-order valence-corrected chi connectivity index (χ0v) is 10.3. The first-order valence-corrected chi connectivity index (χ1v) is 5.64. The van der Waals surface area contributed by atoms with Gasteiger partial charge in [0.05, 0.1) is 0 Å². The van der Waals surface area contributed by atoms with Crippen molar-refractivity contribution < 1.29 is 14.3 Å². The highest BCUT2D eigenvalue weighted by Gasteiger charge is 2.21. The van der Waals surface area contributed by atoms with Gasteiger partial charge in [0.15, 0.2) is 0 Å². The van der Waals surface area contributed by atoms with E-state index in [0.29, 0.717) is 23.6 Å². The van der Waals surface area contributed by atoms with Gasteiger partial charge in [0.2, 0.25) is 0 Å². The van der Waals surface area contributed by atoms with Gasteiger partial charge in [0.1, 0.15) is 11.9 Å². The van der Waals surface area contributed by atoms with Crippen LogP contribution in [0.5, 0.6) is 0 Å². The normalized spacial score (nSPS) is 12.8. The highest BCUT2D eigenvalue weighted by Crippen LogP contribution is 2.19. The third kappa shape index (κ3) is 3.82. The van der Waals surface area contributed by atoms with Gasteiger partial charge in [0, 0.05) is 0 Å². The number of aryl methyl sites for hydroxylation is 1. The van der Waals surface area contributed by atoms with Crippen molar-refractivity contribution in [2.45, 2.75) is 26.8 Å². The van der Waals surface area contributed by atoms with Crippen LogP contribution in [0.2, 0.25) is 0 Å². The molecule has 1 aromatic rings. The van der Waals surface area contributed by atoms with Gasteiger partial charge < -0.3 is 10.4 Å². The molecule has 1 atom stereocenters. The number of hydrogen-bond donors (Lipinski definition) is 2. The summed E-state index contributed by atoms with van der Waals surface area (Å²) in [5.41, 5.74) is 1.26. The average molecular weight is 239 g/mol. The Hall–Kier alpha value is -1.42. The largest absolute Gasteiger partial charge is 0.480 e. The predicted molar refractivity (Wildman–Crippen MR) is 64.4 cm³/mol. The van der Waals surface area contributed by atoms with Crippen molar-refractivity contribution in [1.82, 2.24) is 5.32 Å². The minimum atomic E-state index is -0.944. The molecule has 4 heteroatoms. The summed E-state index contributed by atoms with van der Waals surface area (Å²) in [4.78, 5) is 11.2. The highest BCUT2D eigenvalue weighted by atomic mass is 19.1. The van der Waals surface area contributed by atoms with E-state index >= 15 is 0 Å². The zero-order chi connectivity index (χ0) is 13.0. The molecule has 0 heterocycles. The molecular weight excluding hydrogens is 221 g/mol. The first-order chi connectivity index (χ1) is 7.91. The van der Waals surface area contributed by atoms with E-state index in [-0.39, 0.29) is 5.82 Å². The number of nitrogens with one attached hydrogen (secondary N) is 1. The topological polar surface area (TPSA) is 49.3 Å². The van der Waals surface area contributed by atoms with Crippen LogP contribution in [-0.4, -0.2) is 17.6 Å². The summed E-state index contributed by atoms with van der Waals surface area (Å²) >= 11 is 0. The lowest BCUT2D eigenvalue weighted by atomic mass is 10.0. The smallest absolute Gasteiger partial charge is 0.325 e. The third-order valence-electron chi connectivity index (χ3n) is 2.52. The zero-order valence-electron chi connectivity index (χ0n) is 10.3. The molecule has 0 aliphatic heterocycles. The van der Waals surface area contributed by atoms with Crippen LogP contribution in [0.3, 0.4) is 0 Å². The Morgan fingerprint density at radius 1 is 1.47 bits per heavy atom. The van der Waals surface area contributed by atoms with E-state index in [1.54, 1.807) is 6.92 Å². The molecule has 0 aromatic heterocycles. The van der Waals surface area contributed by atoms with Gasteiger partial charge in [-0.15, -0.1) is 0 Å². The van der Waals surface area contributed by atoms with Crippen LogP contribution in [-0.2, 0) is 4.79 Å². The maximum absolute atomic E-state index is 13.0. The SMILES string of the molecule is Cc1cc(F)ccc1C(NCC(C)C)C(=O)O. The molecule has 0 fully saturated rings. The second-order valence-corrected chi connectivity index (χ2v) is 4.57. The van der Waals surface area contributed by atoms with Crippen LogP contribution in [0.4, 0.5) is 4.39 Å². The van der Waals surface area contributed by atoms with E-state index in [9.17, 15) is 14.3 Å². The van der Waals surface area contributed by atoms with Crippen molar-refractivity contribution >= 4 is 5.97 Å². The lowest BCUT2D eigenvalue weighted by Crippen LogP contribution is -2.31. The van der Waals surface area contributed by atoms with Crippen LogP contribution in [0.25, 0.3) is 0 Å². The van der Waals surface area contributed by atoms with E-state index < -0.39 is 12.0 Å². The second kappa shape index (κ2) is 5.77. The standard InChI is InChI=1S/C13H18FNO2/c1-8(2)7-15-12(13(16)17)11-5-4-10(14)6-9(11)3/h4-6,8,12,15H,7H2,1-3H3,(H,16,17). The summed E-state index contributed by atoms with van der Waals surface area (Å²) in [7, 11) is 0. The molecule has 0 radical (unpaired) electrons. The molecule has 1 aromatic carbocycles. The Kier molecular flexibility index (Phi) is 4.63. The molecule has 94 valence electrons. The molecule has 0 bridgehead atoms. The van der Waals surface area contributed by atoms with Gasteiger partial charge >= 0.3 is 5.97 Å². The van der Waals surface area contributed by atoms with Crippen molar-refractivity contribution in [3.8, 4) is 0 Å². The van der Waals surface area contributed by atoms with Gasteiger partial charge in [-0.2, -0.15) is 0 Å². The maximum Gasteiger partial charge on any atom is 0.325 e. The van der Waals surface area contributed by atoms with E-state index in [2.05, 4.69) is 5.32 Å². The molecule has 0 spiro atoms. The number of halogens is 1. The fourth-order valence-corrected chi connectivity index (χ4v) is 1.65. The lowest BCUT2D eigenvalue weighted by Gasteiger charge is -2.18. The lowest BCUT2D eigenvalue weighted by molar-refractivity contribution is -0.139. The number of aliphatic carboxylic acids is 1. The van der Waals surface area contributed by atoms with Crippen LogP contribution in [0, 0.1) is 18.7 Å². The van der Waals surface area contributed by atoms with Crippen molar-refractivity contribution in [1.29, 1.82) is 0 Å². The Labute approximate surface area is 101 Å². The van der Waals surface area contributed by atoms with E-state index in [1.165, 1.54) is 18.2 Å². The third-order valence-corrected chi connectivity index (χ3v) is 2.52. The summed E-state index contributed by atoms with van der Waals surface area (Å²) in [5, 5.41) is 12.2. The molecule has 0 aliphatic rings. The van der Waals surface area contributed by atoms with Crippen LogP contribution >= 0.6 is 0 Å². The van der Waals surface area contributed by atoms with Crippen LogP contribution in [0.1, 0.15) is 31.0 Å². The molecular formula is C13H18FNO2. The number of benzene rings is 1. The summed E-state index contributed by atoms with van der Waals surface area (Å²) < 4.78 is 13.0. The molecule has 1 rings (SSSR count). The summed E-state index contributed by atoms with van der Waals surface area (Å²) in [6, 6.07) is 3.38. The van der Waals surface area contributed by atoms with Crippen molar-refractivity contribution in [3.05, 3.63) is 35.1 Å². The van der Waals surface area contributed by atoms with Crippen molar-refractivity contribution in [3.63, 3.8) is 0 Å². The van der Waals surface area contributed by atoms with Gasteiger partial charge in [-0.3, -0.25) is 4.79 Å². The first-order valence-electron chi connectivity index (χ1n) is 5.64. The van der Waals surface area contributed by atoms with E-state index in [0.717, 1.165) is 0 Å². The Bertz CT molecular complexity index is 404. The van der Waals surface area contributed by atoms with Gasteiger partial charge in [-0.05, 0) is 42.6 Å². The van der Waals surface area contributed by atoms with Gasteiger partial charge in [0.25, 0.3) is 0 Å². The maximum atomic E-state index is 13.0. The van der Waals surface area contributed by atoms with E-state index in [1.807, 2.05) is 13.8 Å². The minimum Gasteiger partial charge on any atom is -0.480 e. The number of hydrogen-bond acceptors (Lipinski definition) is 2. The molecule has 1 unspecified atom stereocenters. The van der Waals surface area contributed by atoms with Crippen LogP contribution < -0.4 is 5.32 Å². The molecule has 3 nitrogen and oxygen atoms in total. The van der Waals surface area contributed by atoms with Crippen molar-refractivity contribution in [2.24, 2.45) is 5.92 Å². The summed E-state index contributed by atoms with van der Waals surface area (Å²) in [5.74, 6) is -0.933. The Balaban J connectivity index is 2.93. The fourth-order valence-electron chi connectivity index (χ4n) is 1.65. The van der Waals surface area contributed by atoms with Crippen LogP contribution in [0.15, 0.2) is 18.2 Å². The summed E-state index contributed by atoms with van der Waals surface area (Å²) in [6.45, 7) is 6.33. The molecule has 2 N–H and O–H groups in total. The number of rotatable bonds is 5. The number of carboxylic acids is 1. The molecule has 0 aliphatic carbocycles.